The monoisotopic (exact) mass is 551 g/mol. The smallest absolute Gasteiger partial charge is 0.202 e. The molecule has 3 aromatic rings. The number of allylic oxidation sites excluding steroid dienone is 1. The predicted octanol–water partition coefficient (Wildman–Crippen LogP) is 6.67. The van der Waals surface area contributed by atoms with E-state index in [1.807, 2.05) is 30.6 Å². The fourth-order valence-electron chi connectivity index (χ4n) is 4.25. The zero-order valence-corrected chi connectivity index (χ0v) is 22.1. The summed E-state index contributed by atoms with van der Waals surface area (Å²) in [7, 11) is 0. The van der Waals surface area contributed by atoms with Crippen molar-refractivity contribution in [2.45, 2.75) is 66.0 Å². The van der Waals surface area contributed by atoms with Gasteiger partial charge in [-0.25, -0.2) is 9.97 Å². The molecule has 0 amide bonds. The van der Waals surface area contributed by atoms with E-state index in [0.29, 0.717) is 6.54 Å². The highest BCUT2D eigenvalue weighted by atomic mass is 127. The first-order chi connectivity index (χ1) is 15.7. The molecule has 170 valence electrons. The predicted molar refractivity (Wildman–Crippen MR) is 143 cm³/mol. The van der Waals surface area contributed by atoms with E-state index in [-0.39, 0.29) is 5.41 Å². The summed E-state index contributed by atoms with van der Waals surface area (Å²) in [5, 5.41) is 10.1. The van der Waals surface area contributed by atoms with Crippen molar-refractivity contribution in [1.82, 2.24) is 14.5 Å². The maximum atomic E-state index is 10.1. The number of imidazole rings is 1. The zero-order chi connectivity index (χ0) is 23.8. The van der Waals surface area contributed by atoms with E-state index in [4.69, 9.17) is 9.98 Å². The molecule has 0 bridgehead atoms. The lowest BCUT2D eigenvalue weighted by Gasteiger charge is -2.23. The Balaban J connectivity index is 1.69. The lowest BCUT2D eigenvalue weighted by molar-refractivity contribution is 0.524. The van der Waals surface area contributed by atoms with Crippen molar-refractivity contribution in [2.24, 2.45) is 10.4 Å². The van der Waals surface area contributed by atoms with Crippen LogP contribution in [0.25, 0.3) is 11.2 Å². The van der Waals surface area contributed by atoms with Gasteiger partial charge in [-0.2, -0.15) is 5.26 Å². The molecule has 6 heteroatoms. The number of benzene rings is 1. The van der Waals surface area contributed by atoms with Crippen LogP contribution in [0.4, 0.5) is 0 Å². The Morgan fingerprint density at radius 2 is 1.88 bits per heavy atom. The van der Waals surface area contributed by atoms with Crippen LogP contribution in [0.15, 0.2) is 50.7 Å². The number of aryl methyl sites for hydroxylation is 2. The van der Waals surface area contributed by atoms with Crippen LogP contribution in [0.5, 0.6) is 0 Å². The molecule has 1 aromatic carbocycles. The summed E-state index contributed by atoms with van der Waals surface area (Å²) in [6.45, 7) is 11.5. The Bertz CT molecular complexity index is 1290. The minimum atomic E-state index is -0.950. The number of aromatic nitrogens is 3. The van der Waals surface area contributed by atoms with Crippen molar-refractivity contribution >= 4 is 40.0 Å². The summed E-state index contributed by atoms with van der Waals surface area (Å²) in [5.41, 5.74) is 5.26. The van der Waals surface area contributed by atoms with Gasteiger partial charge in [0.25, 0.3) is 0 Å². The number of halogens is 1. The van der Waals surface area contributed by atoms with Crippen LogP contribution in [-0.4, -0.2) is 20.7 Å². The van der Waals surface area contributed by atoms with E-state index in [2.05, 4.69) is 85.0 Å². The second kappa shape index (κ2) is 9.02. The molecule has 33 heavy (non-hydrogen) atoms. The van der Waals surface area contributed by atoms with E-state index in [1.165, 1.54) is 0 Å². The fraction of sp³-hybridized carbons (Fsp3) is 0.407. The third kappa shape index (κ3) is 4.23. The van der Waals surface area contributed by atoms with E-state index in [9.17, 15) is 5.26 Å². The molecule has 1 aliphatic heterocycles. The number of nitrogens with zero attached hydrogens (tertiary/aromatic N) is 5. The normalized spacial score (nSPS) is 18.3. The number of fused-ring (bicyclic) bond motifs is 1. The van der Waals surface area contributed by atoms with Gasteiger partial charge in [0.1, 0.15) is 17.4 Å². The van der Waals surface area contributed by atoms with Gasteiger partial charge in [0.15, 0.2) is 5.65 Å². The molecule has 5 nitrogen and oxygen atoms in total. The molecule has 0 saturated carbocycles. The lowest BCUT2D eigenvalue weighted by atomic mass is 9.83. The van der Waals surface area contributed by atoms with Gasteiger partial charge in [-0.3, -0.25) is 4.99 Å². The number of pyridine rings is 1. The quantitative estimate of drug-likeness (QED) is 0.322. The topological polar surface area (TPSA) is 66.9 Å². The highest BCUT2D eigenvalue weighted by Gasteiger charge is 2.42. The second-order valence-electron chi connectivity index (χ2n) is 9.77. The van der Waals surface area contributed by atoms with Gasteiger partial charge < -0.3 is 4.57 Å². The SMILES string of the molecule is CCCCc1nc2c(C)ccnc2n1Cc1ccc(C2(C#N)N=CC(C(C)(C)C)=C2I)cc1. The Kier molecular flexibility index (Phi) is 6.45. The Hall–Kier alpha value is -2.53. The van der Waals surface area contributed by atoms with E-state index >= 15 is 0 Å². The Morgan fingerprint density at radius 3 is 2.48 bits per heavy atom. The molecular formula is C27H30IN5. The number of aliphatic imine (C=N–C) groups is 1. The summed E-state index contributed by atoms with van der Waals surface area (Å²) >= 11 is 2.31. The molecule has 4 rings (SSSR count). The molecular weight excluding hydrogens is 521 g/mol. The summed E-state index contributed by atoms with van der Waals surface area (Å²) in [4.78, 5) is 14.3. The van der Waals surface area contributed by atoms with E-state index in [1.54, 1.807) is 0 Å². The van der Waals surface area contributed by atoms with Crippen LogP contribution >= 0.6 is 22.6 Å². The average Bonchev–Trinajstić information content (AvgIpc) is 3.32. The molecule has 2 aromatic heterocycles. The summed E-state index contributed by atoms with van der Waals surface area (Å²) in [6, 6.07) is 12.8. The molecule has 0 radical (unpaired) electrons. The third-order valence-corrected chi connectivity index (χ3v) is 7.65. The van der Waals surface area contributed by atoms with Crippen molar-refractivity contribution in [3.8, 4) is 6.07 Å². The van der Waals surface area contributed by atoms with Gasteiger partial charge >= 0.3 is 0 Å². The largest absolute Gasteiger partial charge is 0.308 e. The summed E-state index contributed by atoms with van der Waals surface area (Å²) < 4.78 is 3.23. The highest BCUT2D eigenvalue weighted by molar-refractivity contribution is 14.1. The number of nitriles is 1. The first-order valence-electron chi connectivity index (χ1n) is 11.5. The molecule has 0 aliphatic carbocycles. The van der Waals surface area contributed by atoms with Crippen molar-refractivity contribution in [2.75, 3.05) is 0 Å². The number of rotatable bonds is 6. The molecule has 1 atom stereocenters. The van der Waals surface area contributed by atoms with Crippen LogP contribution in [0, 0.1) is 23.7 Å². The standard InChI is InChI=1S/C27H30IN5/c1-6-7-8-22-32-23-18(2)13-14-30-25(23)33(22)16-19-9-11-20(12-10-19)27(17-29)24(28)21(15-31-27)26(3,4)5/h9-15H,6-8,16H2,1-5H3. The van der Waals surface area contributed by atoms with Gasteiger partial charge in [-0.05, 0) is 69.7 Å². The van der Waals surface area contributed by atoms with Crippen molar-refractivity contribution in [3.05, 3.63) is 68.2 Å². The fourth-order valence-corrected chi connectivity index (χ4v) is 5.77. The zero-order valence-electron chi connectivity index (χ0n) is 20.0. The van der Waals surface area contributed by atoms with Crippen molar-refractivity contribution < 1.29 is 0 Å². The second-order valence-corrected chi connectivity index (χ2v) is 10.9. The molecule has 0 saturated heterocycles. The molecule has 1 unspecified atom stereocenters. The molecule has 0 spiro atoms. The van der Waals surface area contributed by atoms with Crippen LogP contribution in [-0.2, 0) is 18.5 Å². The summed E-state index contributed by atoms with van der Waals surface area (Å²) in [6.07, 6.45) is 6.91. The maximum absolute atomic E-state index is 10.1. The van der Waals surface area contributed by atoms with Gasteiger partial charge in [0.2, 0.25) is 5.54 Å². The first-order valence-corrected chi connectivity index (χ1v) is 12.6. The molecule has 0 N–H and O–H groups in total. The van der Waals surface area contributed by atoms with Gasteiger partial charge in [0.05, 0.1) is 6.54 Å². The molecule has 0 fully saturated rings. The van der Waals surface area contributed by atoms with E-state index in [0.717, 1.165) is 62.1 Å². The molecule has 3 heterocycles. The van der Waals surface area contributed by atoms with Crippen molar-refractivity contribution in [3.63, 3.8) is 0 Å². The number of unbranched alkanes of at least 4 members (excludes halogenated alkanes) is 1. The van der Waals surface area contributed by atoms with Gasteiger partial charge in [-0.1, -0.05) is 58.4 Å². The first kappa shape index (κ1) is 23.6. The lowest BCUT2D eigenvalue weighted by Crippen LogP contribution is -2.21. The van der Waals surface area contributed by atoms with Crippen LogP contribution in [0.1, 0.15) is 63.1 Å². The van der Waals surface area contributed by atoms with Gasteiger partial charge in [0, 0.05) is 22.4 Å². The Labute approximate surface area is 209 Å². The van der Waals surface area contributed by atoms with Crippen LogP contribution < -0.4 is 0 Å². The minimum Gasteiger partial charge on any atom is -0.308 e. The summed E-state index contributed by atoms with van der Waals surface area (Å²) in [5.74, 6) is 1.08. The van der Waals surface area contributed by atoms with Gasteiger partial charge in [-0.15, -0.1) is 0 Å². The average molecular weight is 551 g/mol. The number of hydrogen-bond donors (Lipinski definition) is 0. The number of hydrogen-bond acceptors (Lipinski definition) is 4. The van der Waals surface area contributed by atoms with E-state index < -0.39 is 5.54 Å². The highest BCUT2D eigenvalue weighted by Crippen LogP contribution is 2.46. The van der Waals surface area contributed by atoms with Crippen molar-refractivity contribution in [1.29, 1.82) is 5.26 Å². The van der Waals surface area contributed by atoms with Crippen LogP contribution in [0.3, 0.4) is 0 Å². The maximum Gasteiger partial charge on any atom is 0.202 e. The Morgan fingerprint density at radius 1 is 1.15 bits per heavy atom. The molecule has 1 aliphatic rings. The van der Waals surface area contributed by atoms with Crippen LogP contribution in [0.2, 0.25) is 0 Å². The third-order valence-electron chi connectivity index (χ3n) is 6.29. The minimum absolute atomic E-state index is 0.0545.